The van der Waals surface area contributed by atoms with Crippen LogP contribution in [-0.2, 0) is 19.6 Å². The molecule has 1 atom stereocenters. The molecule has 33 heavy (non-hydrogen) atoms. The van der Waals surface area contributed by atoms with Crippen LogP contribution in [0.3, 0.4) is 0 Å². The minimum Gasteiger partial charge on any atom is -0.326 e. The van der Waals surface area contributed by atoms with Crippen molar-refractivity contribution < 1.29 is 18.0 Å². The number of nitrogens with one attached hydrogen (secondary N) is 2. The number of halogens is 2. The lowest BCUT2D eigenvalue weighted by molar-refractivity contribution is -0.122. The van der Waals surface area contributed by atoms with Crippen LogP contribution in [0, 0.1) is 5.92 Å². The molecule has 0 spiro atoms. The molecule has 0 saturated carbocycles. The molecular formula is C23H19Cl2N3O4S. The topological polar surface area (TPSA) is 95.6 Å². The third kappa shape index (κ3) is 5.30. The van der Waals surface area contributed by atoms with Crippen LogP contribution < -0.4 is 14.9 Å². The summed E-state index contributed by atoms with van der Waals surface area (Å²) in [5, 5.41) is 3.30. The van der Waals surface area contributed by atoms with E-state index in [9.17, 15) is 18.0 Å². The third-order valence-electron chi connectivity index (χ3n) is 5.17. The van der Waals surface area contributed by atoms with Gasteiger partial charge in [0.2, 0.25) is 11.8 Å². The van der Waals surface area contributed by atoms with Crippen molar-refractivity contribution in [2.45, 2.75) is 11.3 Å². The van der Waals surface area contributed by atoms with Crippen molar-refractivity contribution >= 4 is 62.1 Å². The summed E-state index contributed by atoms with van der Waals surface area (Å²) in [6, 6.07) is 19.3. The third-order valence-corrected chi connectivity index (χ3v) is 7.30. The van der Waals surface area contributed by atoms with Crippen LogP contribution in [0.15, 0.2) is 77.7 Å². The molecule has 1 aliphatic rings. The predicted molar refractivity (Wildman–Crippen MR) is 129 cm³/mol. The number of nitrogens with zero attached hydrogens (tertiary/aromatic N) is 1. The number of sulfonamides is 1. The Morgan fingerprint density at radius 3 is 2.24 bits per heavy atom. The summed E-state index contributed by atoms with van der Waals surface area (Å²) in [6.07, 6.45) is 0.112. The van der Waals surface area contributed by atoms with Gasteiger partial charge in [-0.15, -0.1) is 0 Å². The van der Waals surface area contributed by atoms with E-state index in [1.165, 1.54) is 42.5 Å². The summed E-state index contributed by atoms with van der Waals surface area (Å²) in [5.41, 5.74) is 1.46. The van der Waals surface area contributed by atoms with Gasteiger partial charge in [0, 0.05) is 24.3 Å². The minimum absolute atomic E-state index is 0.0119. The normalized spacial score (nSPS) is 16.0. The molecule has 10 heteroatoms. The van der Waals surface area contributed by atoms with Crippen molar-refractivity contribution in [1.29, 1.82) is 0 Å². The van der Waals surface area contributed by atoms with Crippen molar-refractivity contribution in [2.24, 2.45) is 5.92 Å². The van der Waals surface area contributed by atoms with E-state index in [1.54, 1.807) is 4.90 Å². The van der Waals surface area contributed by atoms with Gasteiger partial charge in [-0.3, -0.25) is 14.3 Å². The van der Waals surface area contributed by atoms with E-state index < -0.39 is 15.9 Å². The predicted octanol–water partition coefficient (Wildman–Crippen LogP) is 4.79. The van der Waals surface area contributed by atoms with Crippen molar-refractivity contribution in [2.75, 3.05) is 21.5 Å². The number of para-hydroxylation sites is 1. The molecule has 1 heterocycles. The second kappa shape index (κ2) is 9.43. The Bertz CT molecular complexity index is 1300. The summed E-state index contributed by atoms with van der Waals surface area (Å²) in [5.74, 6) is -0.917. The number of carbonyl (C=O) groups excluding carboxylic acids is 2. The fourth-order valence-electron chi connectivity index (χ4n) is 3.48. The first-order chi connectivity index (χ1) is 15.7. The average molecular weight is 504 g/mol. The number of hydrogen-bond donors (Lipinski definition) is 2. The Labute approximate surface area is 201 Å². The molecule has 1 fully saturated rings. The van der Waals surface area contributed by atoms with E-state index in [4.69, 9.17) is 23.2 Å². The van der Waals surface area contributed by atoms with Gasteiger partial charge in [0.1, 0.15) is 0 Å². The second-order valence-corrected chi connectivity index (χ2v) is 9.99. The zero-order valence-electron chi connectivity index (χ0n) is 17.2. The van der Waals surface area contributed by atoms with E-state index in [0.29, 0.717) is 10.7 Å². The van der Waals surface area contributed by atoms with Gasteiger partial charge in [-0.25, -0.2) is 8.42 Å². The maximum atomic E-state index is 12.7. The number of hydrogen-bond acceptors (Lipinski definition) is 4. The molecule has 4 rings (SSSR count). The second-order valence-electron chi connectivity index (χ2n) is 7.49. The van der Waals surface area contributed by atoms with E-state index in [-0.39, 0.29) is 40.4 Å². The summed E-state index contributed by atoms with van der Waals surface area (Å²) in [7, 11) is -3.86. The molecule has 0 aromatic heterocycles. The number of amides is 2. The molecule has 0 radical (unpaired) electrons. The maximum Gasteiger partial charge on any atom is 0.261 e. The Kier molecular flexibility index (Phi) is 6.60. The quantitative estimate of drug-likeness (QED) is 0.505. The first-order valence-electron chi connectivity index (χ1n) is 9.97. The lowest BCUT2D eigenvalue weighted by Crippen LogP contribution is -2.28. The zero-order chi connectivity index (χ0) is 23.6. The van der Waals surface area contributed by atoms with Gasteiger partial charge in [0.05, 0.1) is 26.5 Å². The standard InChI is InChI=1S/C23H19Cl2N3O4S/c24-20-11-8-17(13-21(20)25)27-33(31,32)19-9-6-16(7-10-19)26-23(30)15-12-22(29)28(14-15)18-4-2-1-3-5-18/h1-11,13,15,27H,12,14H2,(H,26,30). The molecule has 0 aliphatic carbocycles. The molecule has 2 amide bonds. The molecular weight excluding hydrogens is 485 g/mol. The lowest BCUT2D eigenvalue weighted by atomic mass is 10.1. The van der Waals surface area contributed by atoms with Gasteiger partial charge >= 0.3 is 0 Å². The maximum absolute atomic E-state index is 12.7. The van der Waals surface area contributed by atoms with Crippen LogP contribution in [0.1, 0.15) is 6.42 Å². The monoisotopic (exact) mass is 503 g/mol. The van der Waals surface area contributed by atoms with E-state index in [0.717, 1.165) is 5.69 Å². The van der Waals surface area contributed by atoms with Gasteiger partial charge in [-0.1, -0.05) is 41.4 Å². The van der Waals surface area contributed by atoms with Gasteiger partial charge in [-0.05, 0) is 54.6 Å². The van der Waals surface area contributed by atoms with E-state index >= 15 is 0 Å². The Hall–Kier alpha value is -3.07. The SMILES string of the molecule is O=C(Nc1ccc(S(=O)(=O)Nc2ccc(Cl)c(Cl)c2)cc1)C1CC(=O)N(c2ccccc2)C1. The molecule has 3 aromatic carbocycles. The van der Waals surface area contributed by atoms with E-state index in [2.05, 4.69) is 10.0 Å². The summed E-state index contributed by atoms with van der Waals surface area (Å²) in [4.78, 5) is 26.6. The lowest BCUT2D eigenvalue weighted by Gasteiger charge is -2.16. The van der Waals surface area contributed by atoms with Crippen LogP contribution in [0.4, 0.5) is 17.1 Å². The Balaban J connectivity index is 1.40. The van der Waals surface area contributed by atoms with Gasteiger partial charge in [0.15, 0.2) is 0 Å². The zero-order valence-corrected chi connectivity index (χ0v) is 19.5. The van der Waals surface area contributed by atoms with Crippen molar-refractivity contribution in [3.63, 3.8) is 0 Å². The molecule has 7 nitrogen and oxygen atoms in total. The van der Waals surface area contributed by atoms with Crippen LogP contribution >= 0.6 is 23.2 Å². The molecule has 0 bridgehead atoms. The van der Waals surface area contributed by atoms with Crippen LogP contribution in [0.2, 0.25) is 10.0 Å². The number of rotatable bonds is 6. The molecule has 1 saturated heterocycles. The molecule has 1 aliphatic heterocycles. The minimum atomic E-state index is -3.86. The highest BCUT2D eigenvalue weighted by molar-refractivity contribution is 7.92. The molecule has 3 aromatic rings. The highest BCUT2D eigenvalue weighted by atomic mass is 35.5. The fourth-order valence-corrected chi connectivity index (χ4v) is 4.82. The summed E-state index contributed by atoms with van der Waals surface area (Å²) >= 11 is 11.8. The van der Waals surface area contributed by atoms with Crippen molar-refractivity contribution in [3.05, 3.63) is 82.8 Å². The van der Waals surface area contributed by atoms with Gasteiger partial charge in [-0.2, -0.15) is 0 Å². The summed E-state index contributed by atoms with van der Waals surface area (Å²) < 4.78 is 27.7. The molecule has 170 valence electrons. The van der Waals surface area contributed by atoms with Crippen molar-refractivity contribution in [3.8, 4) is 0 Å². The van der Waals surface area contributed by atoms with Gasteiger partial charge in [0.25, 0.3) is 10.0 Å². The smallest absolute Gasteiger partial charge is 0.261 e. The fraction of sp³-hybridized carbons (Fsp3) is 0.130. The Morgan fingerprint density at radius 1 is 0.909 bits per heavy atom. The summed E-state index contributed by atoms with van der Waals surface area (Å²) in [6.45, 7) is 0.286. The molecule has 1 unspecified atom stereocenters. The van der Waals surface area contributed by atoms with E-state index in [1.807, 2.05) is 30.3 Å². The molecule has 2 N–H and O–H groups in total. The first-order valence-corrected chi connectivity index (χ1v) is 12.2. The first kappa shape index (κ1) is 23.1. The Morgan fingerprint density at radius 2 is 1.58 bits per heavy atom. The van der Waals surface area contributed by atoms with Crippen molar-refractivity contribution in [1.82, 2.24) is 0 Å². The number of carbonyl (C=O) groups is 2. The van der Waals surface area contributed by atoms with Crippen LogP contribution in [0.5, 0.6) is 0 Å². The van der Waals surface area contributed by atoms with Crippen LogP contribution in [-0.4, -0.2) is 26.8 Å². The number of anilines is 3. The highest BCUT2D eigenvalue weighted by Crippen LogP contribution is 2.28. The van der Waals surface area contributed by atoms with Gasteiger partial charge < -0.3 is 10.2 Å². The number of benzene rings is 3. The highest BCUT2D eigenvalue weighted by Gasteiger charge is 2.35. The van der Waals surface area contributed by atoms with Crippen LogP contribution in [0.25, 0.3) is 0 Å². The largest absolute Gasteiger partial charge is 0.326 e. The average Bonchev–Trinajstić information content (AvgIpc) is 3.19.